The van der Waals surface area contributed by atoms with Crippen molar-refractivity contribution >= 4 is 23.1 Å². The van der Waals surface area contributed by atoms with Crippen molar-refractivity contribution in [2.75, 3.05) is 14.2 Å². The Balaban J connectivity index is 1.67. The number of rotatable bonds is 4. The average Bonchev–Trinajstić information content (AvgIpc) is 3.44. The fraction of sp³-hybridized carbons (Fsp3) is 0.214. The maximum atomic E-state index is 13.8. The number of hydrogen-bond donors (Lipinski definition) is 0. The molecule has 0 radical (unpaired) electrons. The Hall–Kier alpha value is -3.84. The van der Waals surface area contributed by atoms with Gasteiger partial charge in [0.05, 0.1) is 30.5 Å². The van der Waals surface area contributed by atoms with E-state index in [-0.39, 0.29) is 11.6 Å². The number of ether oxygens (including phenoxy) is 2. The minimum Gasteiger partial charge on any atom is -0.493 e. The van der Waals surface area contributed by atoms with Gasteiger partial charge in [0.25, 0.3) is 5.56 Å². The lowest BCUT2D eigenvalue weighted by molar-refractivity contribution is 0.348. The van der Waals surface area contributed by atoms with Gasteiger partial charge in [-0.15, -0.1) is 0 Å². The highest BCUT2D eigenvalue weighted by molar-refractivity contribution is 7.07. The monoisotopic (exact) mass is 484 g/mol. The van der Waals surface area contributed by atoms with Crippen molar-refractivity contribution in [1.29, 1.82) is 0 Å². The molecule has 2 aromatic heterocycles. The summed E-state index contributed by atoms with van der Waals surface area (Å²) in [6.07, 6.45) is 3.50. The highest BCUT2D eigenvalue weighted by Crippen LogP contribution is 2.45. The summed E-state index contributed by atoms with van der Waals surface area (Å²) in [6.45, 7) is 1.89. The van der Waals surface area contributed by atoms with Crippen LogP contribution in [0.25, 0.3) is 11.8 Å². The summed E-state index contributed by atoms with van der Waals surface area (Å²) < 4.78 is 19.5. The number of hydrogen-bond acceptors (Lipinski definition) is 6. The molecule has 0 spiro atoms. The molecule has 0 fully saturated rings. The largest absolute Gasteiger partial charge is 0.493 e. The minimum atomic E-state index is -0.347. The molecule has 1 atom stereocenters. The summed E-state index contributed by atoms with van der Waals surface area (Å²) in [5.41, 5.74) is 5.25. The number of methoxy groups -OCH3 is 2. The average molecular weight is 485 g/mol. The van der Waals surface area contributed by atoms with Crippen LogP contribution < -0.4 is 24.4 Å². The Labute approximate surface area is 206 Å². The van der Waals surface area contributed by atoms with Gasteiger partial charge < -0.3 is 13.9 Å². The summed E-state index contributed by atoms with van der Waals surface area (Å²) in [7, 11) is 3.26. The molecule has 1 aliphatic heterocycles. The van der Waals surface area contributed by atoms with Crippen molar-refractivity contribution in [1.82, 2.24) is 4.57 Å². The predicted molar refractivity (Wildman–Crippen MR) is 136 cm³/mol. The second-order valence-corrected chi connectivity index (χ2v) is 9.65. The lowest BCUT2D eigenvalue weighted by Crippen LogP contribution is -2.39. The lowest BCUT2D eigenvalue weighted by atomic mass is 9.83. The fourth-order valence-electron chi connectivity index (χ4n) is 5.09. The van der Waals surface area contributed by atoms with Crippen molar-refractivity contribution in [2.45, 2.75) is 25.8 Å². The van der Waals surface area contributed by atoms with Crippen molar-refractivity contribution in [2.24, 2.45) is 4.99 Å². The van der Waals surface area contributed by atoms with Crippen LogP contribution in [0.4, 0.5) is 0 Å². The molecule has 0 unspecified atom stereocenters. The molecule has 0 amide bonds. The highest BCUT2D eigenvalue weighted by Gasteiger charge is 2.34. The zero-order chi connectivity index (χ0) is 24.1. The molecule has 0 N–H and O–H groups in total. The molecule has 35 heavy (non-hydrogen) atoms. The molecule has 3 heterocycles. The zero-order valence-corrected chi connectivity index (χ0v) is 20.5. The Bertz CT molecular complexity index is 1670. The van der Waals surface area contributed by atoms with Crippen molar-refractivity contribution in [3.63, 3.8) is 0 Å². The molecule has 1 aliphatic carbocycles. The maximum absolute atomic E-state index is 13.8. The number of thiazole rings is 1. The van der Waals surface area contributed by atoms with Crippen LogP contribution in [0.15, 0.2) is 74.4 Å². The van der Waals surface area contributed by atoms with Crippen LogP contribution in [0.5, 0.6) is 11.5 Å². The van der Waals surface area contributed by atoms with E-state index in [9.17, 15) is 4.79 Å². The number of nitrogens with zero attached hydrogens (tertiary/aromatic N) is 2. The number of aromatic nitrogens is 1. The standard InChI is InChI=1S/C28H24N2O4S/c1-16-11-13-18(34-16)15-23-27(31)30-25(21-9-6-10-22(32-2)26(21)33-3)20-14-12-17-7-4-5-8-19(17)24(20)29-28(30)35-23/h4-11,13,15,25H,12,14H2,1-3H3/b23-15+/t25-/m0/s1. The summed E-state index contributed by atoms with van der Waals surface area (Å²) in [6, 6.07) is 17.6. The van der Waals surface area contributed by atoms with Gasteiger partial charge in [-0.3, -0.25) is 9.36 Å². The molecule has 0 bridgehead atoms. The van der Waals surface area contributed by atoms with E-state index < -0.39 is 0 Å². The maximum Gasteiger partial charge on any atom is 0.271 e. The molecule has 6 nitrogen and oxygen atoms in total. The first kappa shape index (κ1) is 21.7. The number of benzene rings is 2. The molecule has 2 aromatic carbocycles. The predicted octanol–water partition coefficient (Wildman–Crippen LogP) is 4.24. The van der Waals surface area contributed by atoms with Crippen molar-refractivity contribution in [3.05, 3.63) is 108 Å². The minimum absolute atomic E-state index is 0.0944. The third-order valence-electron chi connectivity index (χ3n) is 6.64. The molecule has 0 saturated heterocycles. The highest BCUT2D eigenvalue weighted by atomic mass is 32.1. The summed E-state index contributed by atoms with van der Waals surface area (Å²) in [4.78, 5) is 19.5. The topological polar surface area (TPSA) is 66.0 Å². The molecule has 7 heteroatoms. The van der Waals surface area contributed by atoms with Crippen LogP contribution >= 0.6 is 11.3 Å². The van der Waals surface area contributed by atoms with E-state index >= 15 is 0 Å². The Morgan fingerprint density at radius 2 is 1.91 bits per heavy atom. The fourth-order valence-corrected chi connectivity index (χ4v) is 6.07. The molecule has 6 rings (SSSR count). The SMILES string of the molecule is COc1cccc([C@@H]2C3=C(N=c4s/c(=C/c5ccc(C)o5)c(=O)n42)c2ccccc2CC3)c1OC. The quantitative estimate of drug-likeness (QED) is 0.435. The third kappa shape index (κ3) is 3.46. The van der Waals surface area contributed by atoms with Gasteiger partial charge in [-0.2, -0.15) is 0 Å². The van der Waals surface area contributed by atoms with Gasteiger partial charge in [0.1, 0.15) is 11.5 Å². The second-order valence-electron chi connectivity index (χ2n) is 8.64. The first-order chi connectivity index (χ1) is 17.1. The van der Waals surface area contributed by atoms with Gasteiger partial charge in [0.15, 0.2) is 16.3 Å². The zero-order valence-electron chi connectivity index (χ0n) is 19.7. The van der Waals surface area contributed by atoms with E-state index in [0.717, 1.165) is 41.0 Å². The van der Waals surface area contributed by atoms with Crippen LogP contribution in [-0.4, -0.2) is 18.8 Å². The van der Waals surface area contributed by atoms with Crippen LogP contribution in [0.3, 0.4) is 0 Å². The summed E-state index contributed by atoms with van der Waals surface area (Å²) >= 11 is 1.38. The van der Waals surface area contributed by atoms with E-state index in [1.807, 2.05) is 43.3 Å². The first-order valence-electron chi connectivity index (χ1n) is 11.5. The lowest BCUT2D eigenvalue weighted by Gasteiger charge is -2.31. The van der Waals surface area contributed by atoms with Gasteiger partial charge in [-0.1, -0.05) is 47.7 Å². The summed E-state index contributed by atoms with van der Waals surface area (Å²) in [5.74, 6) is 2.71. The van der Waals surface area contributed by atoms with Gasteiger partial charge >= 0.3 is 0 Å². The van der Waals surface area contributed by atoms with Gasteiger partial charge in [-0.05, 0) is 49.1 Å². The smallest absolute Gasteiger partial charge is 0.271 e. The van der Waals surface area contributed by atoms with E-state index in [4.69, 9.17) is 18.9 Å². The van der Waals surface area contributed by atoms with E-state index in [2.05, 4.69) is 18.2 Å². The Morgan fingerprint density at radius 3 is 2.69 bits per heavy atom. The van der Waals surface area contributed by atoms with Crippen LogP contribution in [-0.2, 0) is 6.42 Å². The second kappa shape index (κ2) is 8.43. The van der Waals surface area contributed by atoms with Gasteiger partial charge in [0.2, 0.25) is 0 Å². The normalized spacial score (nSPS) is 16.9. The molecular weight excluding hydrogens is 460 g/mol. The van der Waals surface area contributed by atoms with E-state index in [0.29, 0.717) is 26.6 Å². The molecular formula is C28H24N2O4S. The summed E-state index contributed by atoms with van der Waals surface area (Å²) in [5, 5.41) is 0. The number of fused-ring (bicyclic) bond motifs is 3. The molecule has 176 valence electrons. The van der Waals surface area contributed by atoms with Crippen LogP contribution in [0, 0.1) is 6.92 Å². The third-order valence-corrected chi connectivity index (χ3v) is 7.62. The Morgan fingerprint density at radius 1 is 1.06 bits per heavy atom. The van der Waals surface area contributed by atoms with E-state index in [1.165, 1.54) is 16.9 Å². The Kier molecular flexibility index (Phi) is 5.22. The van der Waals surface area contributed by atoms with Gasteiger partial charge in [-0.25, -0.2) is 4.99 Å². The van der Waals surface area contributed by atoms with E-state index in [1.54, 1.807) is 24.9 Å². The van der Waals surface area contributed by atoms with Crippen LogP contribution in [0.2, 0.25) is 0 Å². The molecule has 4 aromatic rings. The molecule has 0 saturated carbocycles. The molecule has 2 aliphatic rings. The van der Waals surface area contributed by atoms with Gasteiger partial charge in [0, 0.05) is 17.2 Å². The number of aryl methyl sites for hydroxylation is 2. The van der Waals surface area contributed by atoms with Crippen molar-refractivity contribution < 1.29 is 13.9 Å². The number of allylic oxidation sites excluding steroid dienone is 1. The van der Waals surface area contributed by atoms with Crippen LogP contribution in [0.1, 0.15) is 40.7 Å². The number of para-hydroxylation sites is 1. The first-order valence-corrected chi connectivity index (χ1v) is 12.3. The number of furan rings is 1. The van der Waals surface area contributed by atoms with Crippen molar-refractivity contribution in [3.8, 4) is 11.5 Å².